The molecule has 0 amide bonds. The van der Waals surface area contributed by atoms with E-state index in [1.54, 1.807) is 6.08 Å². The Labute approximate surface area is 136 Å². The Hall–Kier alpha value is -0.600. The van der Waals surface area contributed by atoms with Gasteiger partial charge in [-0.05, 0) is 61.7 Å². The average molecular weight is 306 g/mol. The molecule has 2 heteroatoms. The van der Waals surface area contributed by atoms with Gasteiger partial charge >= 0.3 is 0 Å². The minimum Gasteiger partial charge on any atom is -0.392 e. The zero-order chi connectivity index (χ0) is 16.8. The van der Waals surface area contributed by atoms with Crippen LogP contribution in [0.25, 0.3) is 0 Å². The molecule has 3 unspecified atom stereocenters. The van der Waals surface area contributed by atoms with Gasteiger partial charge in [0.2, 0.25) is 0 Å². The van der Waals surface area contributed by atoms with E-state index in [4.69, 9.17) is 0 Å². The number of aliphatic hydroxyl groups is 2. The molecule has 0 heterocycles. The lowest BCUT2D eigenvalue weighted by Crippen LogP contribution is -2.55. The van der Waals surface area contributed by atoms with Crippen LogP contribution < -0.4 is 0 Å². The fraction of sp³-hybridized carbons (Fsp3) is 0.800. The summed E-state index contributed by atoms with van der Waals surface area (Å²) in [5.74, 6) is 0.699. The van der Waals surface area contributed by atoms with Gasteiger partial charge in [-0.25, -0.2) is 0 Å². The summed E-state index contributed by atoms with van der Waals surface area (Å²) in [5, 5.41) is 21.0. The Morgan fingerprint density at radius 1 is 1.32 bits per heavy atom. The molecule has 2 saturated carbocycles. The van der Waals surface area contributed by atoms with Crippen LogP contribution in [0, 0.1) is 22.7 Å². The molecule has 2 aliphatic rings. The van der Waals surface area contributed by atoms with Gasteiger partial charge in [0.15, 0.2) is 0 Å². The van der Waals surface area contributed by atoms with Gasteiger partial charge in [0.05, 0.1) is 11.7 Å². The first-order valence-corrected chi connectivity index (χ1v) is 8.75. The molecule has 0 radical (unpaired) electrons. The van der Waals surface area contributed by atoms with Gasteiger partial charge in [-0.2, -0.15) is 0 Å². The van der Waals surface area contributed by atoms with Crippen LogP contribution in [0.15, 0.2) is 24.8 Å². The van der Waals surface area contributed by atoms with E-state index in [2.05, 4.69) is 33.9 Å². The molecule has 0 spiro atoms. The number of rotatable bonds is 4. The van der Waals surface area contributed by atoms with Crippen LogP contribution in [0.3, 0.4) is 0 Å². The van der Waals surface area contributed by atoms with E-state index in [0.29, 0.717) is 24.7 Å². The van der Waals surface area contributed by atoms with Crippen molar-refractivity contribution in [3.05, 3.63) is 24.8 Å². The van der Waals surface area contributed by atoms with Crippen molar-refractivity contribution in [2.75, 3.05) is 0 Å². The van der Waals surface area contributed by atoms with Crippen molar-refractivity contribution in [2.24, 2.45) is 22.7 Å². The van der Waals surface area contributed by atoms with Gasteiger partial charge in [-0.3, -0.25) is 0 Å². The number of hydrogen-bond donors (Lipinski definition) is 2. The van der Waals surface area contributed by atoms with Crippen molar-refractivity contribution < 1.29 is 10.2 Å². The van der Waals surface area contributed by atoms with E-state index in [0.717, 1.165) is 12.8 Å². The van der Waals surface area contributed by atoms with Crippen LogP contribution in [0.2, 0.25) is 0 Å². The monoisotopic (exact) mass is 306 g/mol. The minimum absolute atomic E-state index is 0.0910. The molecule has 2 N–H and O–H groups in total. The van der Waals surface area contributed by atoms with Gasteiger partial charge in [0.25, 0.3) is 0 Å². The summed E-state index contributed by atoms with van der Waals surface area (Å²) in [6.45, 7) is 16.8. The maximum absolute atomic E-state index is 10.7. The van der Waals surface area contributed by atoms with Crippen LogP contribution in [0.1, 0.15) is 66.2 Å². The summed E-state index contributed by atoms with van der Waals surface area (Å²) in [7, 11) is 0. The quantitative estimate of drug-likeness (QED) is 0.752. The Balaban J connectivity index is 2.28. The van der Waals surface area contributed by atoms with Crippen LogP contribution in [0.5, 0.6) is 0 Å². The molecule has 0 aromatic rings. The van der Waals surface area contributed by atoms with Gasteiger partial charge in [0, 0.05) is 0 Å². The van der Waals surface area contributed by atoms with E-state index in [-0.39, 0.29) is 16.9 Å². The Morgan fingerprint density at radius 3 is 2.55 bits per heavy atom. The standard InChI is InChI=1S/C20H34O2/c1-7-19(5,22)12-9-15-14(2)13-16(21)17-18(3,4)10-8-11-20(15,17)6/h7,15-17,21-22H,1-2,8-13H2,3-6H3/t15?,16-,17?,19+,20?/m0/s1. The topological polar surface area (TPSA) is 40.5 Å². The van der Waals surface area contributed by atoms with E-state index in [9.17, 15) is 10.2 Å². The molecule has 0 saturated heterocycles. The van der Waals surface area contributed by atoms with Crippen molar-refractivity contribution in [3.8, 4) is 0 Å². The molecule has 126 valence electrons. The molecule has 2 aliphatic carbocycles. The van der Waals surface area contributed by atoms with E-state index in [1.165, 1.54) is 18.4 Å². The third-order valence-corrected chi connectivity index (χ3v) is 6.61. The SMILES string of the molecule is C=C[C@@](C)(O)CCC1C(=C)C[C@H](O)C2C(C)(C)CCCC12C. The summed E-state index contributed by atoms with van der Waals surface area (Å²) in [4.78, 5) is 0. The third-order valence-electron chi connectivity index (χ3n) is 6.61. The summed E-state index contributed by atoms with van der Waals surface area (Å²) >= 11 is 0. The second-order valence-electron chi connectivity index (χ2n) is 8.91. The first-order valence-electron chi connectivity index (χ1n) is 8.75. The van der Waals surface area contributed by atoms with Gasteiger partial charge in [-0.1, -0.05) is 45.4 Å². The van der Waals surface area contributed by atoms with Crippen LogP contribution in [0.4, 0.5) is 0 Å². The molecule has 2 rings (SSSR count). The summed E-state index contributed by atoms with van der Waals surface area (Å²) in [5.41, 5.74) is 0.621. The second-order valence-corrected chi connectivity index (χ2v) is 8.91. The second kappa shape index (κ2) is 5.79. The summed E-state index contributed by atoms with van der Waals surface area (Å²) in [6.07, 6.45) is 7.26. The van der Waals surface area contributed by atoms with Crippen molar-refractivity contribution in [1.82, 2.24) is 0 Å². The van der Waals surface area contributed by atoms with Gasteiger partial charge in [-0.15, -0.1) is 6.58 Å². The lowest BCUT2D eigenvalue weighted by molar-refractivity contribution is -0.123. The van der Waals surface area contributed by atoms with Crippen molar-refractivity contribution in [2.45, 2.75) is 77.9 Å². The highest BCUT2D eigenvalue weighted by atomic mass is 16.3. The normalized spacial score (nSPS) is 40.6. The predicted molar refractivity (Wildman–Crippen MR) is 92.5 cm³/mol. The van der Waals surface area contributed by atoms with Crippen LogP contribution >= 0.6 is 0 Å². The van der Waals surface area contributed by atoms with E-state index >= 15 is 0 Å². The van der Waals surface area contributed by atoms with Crippen molar-refractivity contribution >= 4 is 0 Å². The van der Waals surface area contributed by atoms with Gasteiger partial charge in [0.1, 0.15) is 0 Å². The Bertz CT molecular complexity index is 449. The number of fused-ring (bicyclic) bond motifs is 1. The number of hydrogen-bond acceptors (Lipinski definition) is 2. The fourth-order valence-corrected chi connectivity index (χ4v) is 5.55. The molecule has 22 heavy (non-hydrogen) atoms. The highest BCUT2D eigenvalue weighted by molar-refractivity contribution is 5.18. The first kappa shape index (κ1) is 17.7. The molecular weight excluding hydrogens is 272 g/mol. The van der Waals surface area contributed by atoms with Gasteiger partial charge < -0.3 is 10.2 Å². The molecule has 0 aromatic carbocycles. The maximum Gasteiger partial charge on any atom is 0.0797 e. The Kier molecular flexibility index (Phi) is 4.68. The van der Waals surface area contributed by atoms with Crippen LogP contribution in [-0.4, -0.2) is 21.9 Å². The van der Waals surface area contributed by atoms with E-state index in [1.807, 2.05) is 6.92 Å². The summed E-state index contributed by atoms with van der Waals surface area (Å²) in [6, 6.07) is 0. The average Bonchev–Trinajstić information content (AvgIpc) is 2.36. The molecule has 0 aliphatic heterocycles. The molecule has 5 atom stereocenters. The van der Waals surface area contributed by atoms with Crippen LogP contribution in [-0.2, 0) is 0 Å². The number of aliphatic hydroxyl groups excluding tert-OH is 1. The molecule has 2 fully saturated rings. The zero-order valence-electron chi connectivity index (χ0n) is 14.9. The summed E-state index contributed by atoms with van der Waals surface area (Å²) < 4.78 is 0. The highest BCUT2D eigenvalue weighted by Gasteiger charge is 2.56. The molecule has 2 nitrogen and oxygen atoms in total. The highest BCUT2D eigenvalue weighted by Crippen LogP contribution is 2.61. The van der Waals surface area contributed by atoms with E-state index < -0.39 is 5.60 Å². The molecule has 0 bridgehead atoms. The maximum atomic E-state index is 10.7. The fourth-order valence-electron chi connectivity index (χ4n) is 5.55. The molecular formula is C20H34O2. The lowest BCUT2D eigenvalue weighted by Gasteiger charge is -2.59. The largest absolute Gasteiger partial charge is 0.392 e. The van der Waals surface area contributed by atoms with Crippen molar-refractivity contribution in [3.63, 3.8) is 0 Å². The smallest absolute Gasteiger partial charge is 0.0797 e. The first-order chi connectivity index (χ1) is 10.0. The minimum atomic E-state index is -0.813. The third kappa shape index (κ3) is 3.05. The Morgan fingerprint density at radius 2 is 1.95 bits per heavy atom. The lowest BCUT2D eigenvalue weighted by atomic mass is 9.46. The predicted octanol–water partition coefficient (Wildman–Crippen LogP) is 4.47. The zero-order valence-corrected chi connectivity index (χ0v) is 14.9. The molecule has 0 aromatic heterocycles. The van der Waals surface area contributed by atoms with Crippen molar-refractivity contribution in [1.29, 1.82) is 0 Å².